The molecule has 0 saturated carbocycles. The summed E-state index contributed by atoms with van der Waals surface area (Å²) in [5.41, 5.74) is 6.20. The summed E-state index contributed by atoms with van der Waals surface area (Å²) >= 11 is 1.89. The normalized spacial score (nSPS) is 27.1. The Bertz CT molecular complexity index is 443. The lowest BCUT2D eigenvalue weighted by Crippen LogP contribution is -2.54. The van der Waals surface area contributed by atoms with Crippen molar-refractivity contribution < 1.29 is 9.13 Å². The molecule has 0 amide bonds. The zero-order valence-corrected chi connectivity index (χ0v) is 12.2. The molecule has 5 heteroatoms. The van der Waals surface area contributed by atoms with Crippen LogP contribution in [0, 0.1) is 5.82 Å². The lowest BCUT2D eigenvalue weighted by Gasteiger charge is -2.43. The molecule has 0 aromatic heterocycles. The molecule has 106 valence electrons. The number of anilines is 1. The van der Waals surface area contributed by atoms with Gasteiger partial charge in [-0.25, -0.2) is 4.39 Å². The number of benzene rings is 1. The number of ether oxygens (including phenoxy) is 1. The van der Waals surface area contributed by atoms with Crippen LogP contribution >= 0.6 is 11.8 Å². The first kappa shape index (κ1) is 14.5. The Morgan fingerprint density at radius 2 is 2.37 bits per heavy atom. The molecule has 2 atom stereocenters. The second-order valence-corrected chi connectivity index (χ2v) is 6.40. The molecule has 19 heavy (non-hydrogen) atoms. The summed E-state index contributed by atoms with van der Waals surface area (Å²) < 4.78 is 19.1. The van der Waals surface area contributed by atoms with Gasteiger partial charge in [0, 0.05) is 17.9 Å². The molecule has 2 rings (SSSR count). The molecule has 1 aromatic rings. The maximum atomic E-state index is 13.9. The molecule has 1 aromatic carbocycles. The molecule has 1 fully saturated rings. The largest absolute Gasteiger partial charge is 0.497 e. The molecule has 1 heterocycles. The molecule has 0 spiro atoms. The Hall–Kier alpha value is -0.940. The van der Waals surface area contributed by atoms with E-state index in [0.29, 0.717) is 23.2 Å². The number of methoxy groups -OCH3 is 1. The van der Waals surface area contributed by atoms with Gasteiger partial charge in [-0.1, -0.05) is 6.92 Å². The predicted molar refractivity (Wildman–Crippen MR) is 79.5 cm³/mol. The molecule has 2 unspecified atom stereocenters. The van der Waals surface area contributed by atoms with Crippen LogP contribution in [0.5, 0.6) is 5.75 Å². The molecular weight excluding hydrogens is 263 g/mol. The number of halogens is 1. The van der Waals surface area contributed by atoms with Gasteiger partial charge in [-0.15, -0.1) is 0 Å². The average molecular weight is 284 g/mol. The second kappa shape index (κ2) is 6.01. The van der Waals surface area contributed by atoms with E-state index in [1.54, 1.807) is 19.2 Å². The molecular formula is C14H21FN2OS. The second-order valence-electron chi connectivity index (χ2n) is 4.95. The van der Waals surface area contributed by atoms with E-state index in [-0.39, 0.29) is 11.4 Å². The number of nitrogens with one attached hydrogen (secondary N) is 1. The van der Waals surface area contributed by atoms with E-state index in [4.69, 9.17) is 10.5 Å². The van der Waals surface area contributed by atoms with Crippen LogP contribution in [0.4, 0.5) is 10.1 Å². The lowest BCUT2D eigenvalue weighted by molar-refractivity contribution is 0.409. The third-order valence-electron chi connectivity index (χ3n) is 3.83. The number of hydrogen-bond donors (Lipinski definition) is 2. The third-order valence-corrected chi connectivity index (χ3v) is 5.31. The highest BCUT2D eigenvalue weighted by molar-refractivity contribution is 8.00. The molecule has 1 aliphatic heterocycles. The standard InChI is InChI=1S/C14H21FN2OS/c1-10-14(9-16,6-3-7-19-10)17-13-8-11(18-2)4-5-12(13)15/h4-5,8,10,17H,3,6-7,9,16H2,1-2H3. The van der Waals surface area contributed by atoms with E-state index in [2.05, 4.69) is 12.2 Å². The Kier molecular flexibility index (Phi) is 4.58. The van der Waals surface area contributed by atoms with Gasteiger partial charge in [0.1, 0.15) is 11.6 Å². The SMILES string of the molecule is COc1ccc(F)c(NC2(CN)CCCSC2C)c1. The molecule has 3 nitrogen and oxygen atoms in total. The van der Waals surface area contributed by atoms with Crippen LogP contribution in [-0.2, 0) is 0 Å². The van der Waals surface area contributed by atoms with Crippen molar-refractivity contribution in [2.24, 2.45) is 5.73 Å². The van der Waals surface area contributed by atoms with Crippen LogP contribution in [0.3, 0.4) is 0 Å². The highest BCUT2D eigenvalue weighted by atomic mass is 32.2. The van der Waals surface area contributed by atoms with E-state index in [9.17, 15) is 4.39 Å². The predicted octanol–water partition coefficient (Wildman–Crippen LogP) is 2.86. The summed E-state index contributed by atoms with van der Waals surface area (Å²) in [5.74, 6) is 1.52. The maximum Gasteiger partial charge on any atom is 0.146 e. The number of rotatable bonds is 4. The van der Waals surface area contributed by atoms with Gasteiger partial charge >= 0.3 is 0 Å². The van der Waals surface area contributed by atoms with Gasteiger partial charge in [-0.3, -0.25) is 0 Å². The summed E-state index contributed by atoms with van der Waals surface area (Å²) in [6, 6.07) is 4.74. The molecule has 0 bridgehead atoms. The van der Waals surface area contributed by atoms with Crippen LogP contribution in [0.2, 0.25) is 0 Å². The minimum atomic E-state index is -0.267. The van der Waals surface area contributed by atoms with Gasteiger partial charge in [-0.05, 0) is 30.7 Å². The third kappa shape index (κ3) is 2.98. The van der Waals surface area contributed by atoms with Crippen molar-refractivity contribution in [3.05, 3.63) is 24.0 Å². The Balaban J connectivity index is 2.26. The fourth-order valence-corrected chi connectivity index (χ4v) is 3.75. The van der Waals surface area contributed by atoms with Crippen molar-refractivity contribution in [2.75, 3.05) is 24.7 Å². The van der Waals surface area contributed by atoms with Crippen LogP contribution < -0.4 is 15.8 Å². The summed E-state index contributed by atoms with van der Waals surface area (Å²) in [6.45, 7) is 2.65. The van der Waals surface area contributed by atoms with Crippen molar-refractivity contribution >= 4 is 17.4 Å². The van der Waals surface area contributed by atoms with E-state index in [0.717, 1.165) is 18.6 Å². The number of hydrogen-bond acceptors (Lipinski definition) is 4. The van der Waals surface area contributed by atoms with Gasteiger partial charge in [0.15, 0.2) is 0 Å². The van der Waals surface area contributed by atoms with Crippen molar-refractivity contribution in [1.29, 1.82) is 0 Å². The molecule has 3 N–H and O–H groups in total. The Morgan fingerprint density at radius 3 is 3.00 bits per heavy atom. The highest BCUT2D eigenvalue weighted by Gasteiger charge is 2.38. The average Bonchev–Trinajstić information content (AvgIpc) is 2.44. The zero-order valence-electron chi connectivity index (χ0n) is 11.4. The van der Waals surface area contributed by atoms with Crippen LogP contribution in [-0.4, -0.2) is 30.2 Å². The monoisotopic (exact) mass is 284 g/mol. The molecule has 0 radical (unpaired) electrons. The number of thioether (sulfide) groups is 1. The Labute approximate surface area is 118 Å². The van der Waals surface area contributed by atoms with Crippen LogP contribution in [0.25, 0.3) is 0 Å². The summed E-state index contributed by atoms with van der Waals surface area (Å²) in [5, 5.41) is 3.69. The molecule has 1 saturated heterocycles. The summed E-state index contributed by atoms with van der Waals surface area (Å²) in [6.07, 6.45) is 2.07. The van der Waals surface area contributed by atoms with Crippen molar-refractivity contribution in [1.82, 2.24) is 0 Å². The van der Waals surface area contributed by atoms with Crippen molar-refractivity contribution in [3.63, 3.8) is 0 Å². The summed E-state index contributed by atoms with van der Waals surface area (Å²) in [4.78, 5) is 0. The first-order chi connectivity index (χ1) is 9.11. The van der Waals surface area contributed by atoms with Crippen molar-refractivity contribution in [2.45, 2.75) is 30.6 Å². The molecule has 0 aliphatic carbocycles. The van der Waals surface area contributed by atoms with E-state index in [1.807, 2.05) is 11.8 Å². The minimum absolute atomic E-state index is 0.240. The van der Waals surface area contributed by atoms with Gasteiger partial charge in [0.05, 0.1) is 18.3 Å². The zero-order chi connectivity index (χ0) is 13.9. The lowest BCUT2D eigenvalue weighted by atomic mass is 9.89. The first-order valence-electron chi connectivity index (χ1n) is 6.55. The topological polar surface area (TPSA) is 47.3 Å². The van der Waals surface area contributed by atoms with E-state index < -0.39 is 0 Å². The smallest absolute Gasteiger partial charge is 0.146 e. The van der Waals surface area contributed by atoms with Crippen LogP contribution in [0.1, 0.15) is 19.8 Å². The molecule has 1 aliphatic rings. The van der Waals surface area contributed by atoms with Crippen LogP contribution in [0.15, 0.2) is 18.2 Å². The minimum Gasteiger partial charge on any atom is -0.497 e. The highest BCUT2D eigenvalue weighted by Crippen LogP contribution is 2.37. The summed E-state index contributed by atoms with van der Waals surface area (Å²) in [7, 11) is 1.58. The van der Waals surface area contributed by atoms with E-state index >= 15 is 0 Å². The van der Waals surface area contributed by atoms with Gasteiger partial charge in [0.2, 0.25) is 0 Å². The van der Waals surface area contributed by atoms with Gasteiger partial charge < -0.3 is 15.8 Å². The fraction of sp³-hybridized carbons (Fsp3) is 0.571. The van der Waals surface area contributed by atoms with Gasteiger partial charge in [0.25, 0.3) is 0 Å². The quantitative estimate of drug-likeness (QED) is 0.892. The fourth-order valence-electron chi connectivity index (χ4n) is 2.49. The Morgan fingerprint density at radius 1 is 1.58 bits per heavy atom. The maximum absolute atomic E-state index is 13.9. The van der Waals surface area contributed by atoms with Gasteiger partial charge in [-0.2, -0.15) is 11.8 Å². The first-order valence-corrected chi connectivity index (χ1v) is 7.59. The van der Waals surface area contributed by atoms with Crippen molar-refractivity contribution in [3.8, 4) is 5.75 Å². The van der Waals surface area contributed by atoms with E-state index in [1.165, 1.54) is 6.07 Å². The number of nitrogens with two attached hydrogens (primary N) is 1.